The highest BCUT2D eigenvalue weighted by atomic mass is 16.3. The number of rotatable bonds is 3. The minimum atomic E-state index is -0.0509. The molecule has 0 heterocycles. The van der Waals surface area contributed by atoms with Gasteiger partial charge in [-0.25, -0.2) is 0 Å². The second kappa shape index (κ2) is 22.4. The fourth-order valence-corrected chi connectivity index (χ4v) is 0.537. The van der Waals surface area contributed by atoms with E-state index in [1.54, 1.807) is 0 Å². The normalized spacial score (nSPS) is 10.2. The molecule has 0 aliphatic rings. The smallest absolute Gasteiger partial charge is 0.0537 e. The molecule has 1 heteroatoms. The third-order valence-corrected chi connectivity index (χ3v) is 1.09. The van der Waals surface area contributed by atoms with Crippen molar-refractivity contribution in [2.45, 2.75) is 73.3 Å². The first-order chi connectivity index (χ1) is 5.72. The minimum Gasteiger partial charge on any atom is -0.393 e. The number of aliphatic hydroxyl groups excluding tert-OH is 1. The Labute approximate surface area is 79.2 Å². The third-order valence-electron chi connectivity index (χ3n) is 1.09. The van der Waals surface area contributed by atoms with Crippen LogP contribution in [0.4, 0.5) is 0 Å². The van der Waals surface area contributed by atoms with Gasteiger partial charge in [-0.3, -0.25) is 0 Å². The molecule has 0 aromatic heterocycles. The quantitative estimate of drug-likeness (QED) is 0.689. The third kappa shape index (κ3) is 32.5. The predicted octanol–water partition coefficient (Wildman–Crippen LogP) is 4.00. The van der Waals surface area contributed by atoms with Crippen molar-refractivity contribution in [3.8, 4) is 0 Å². The predicted molar refractivity (Wildman–Crippen MR) is 58.5 cm³/mol. The van der Waals surface area contributed by atoms with Crippen LogP contribution in [0.25, 0.3) is 0 Å². The van der Waals surface area contributed by atoms with E-state index in [2.05, 4.69) is 20.8 Å². The number of hydrogen-bond acceptors (Lipinski definition) is 1. The van der Waals surface area contributed by atoms with Crippen molar-refractivity contribution in [1.82, 2.24) is 0 Å². The zero-order valence-corrected chi connectivity index (χ0v) is 9.85. The van der Waals surface area contributed by atoms with Crippen LogP contribution in [0, 0.1) is 0 Å². The molecule has 78 valence electrons. The molecule has 0 aliphatic heterocycles. The highest BCUT2D eigenvalue weighted by Crippen LogP contribution is 1.98. The molecular weight excluding hydrogens is 148 g/mol. The van der Waals surface area contributed by atoms with Gasteiger partial charge in [-0.15, -0.1) is 0 Å². The van der Waals surface area contributed by atoms with Crippen LogP contribution < -0.4 is 0 Å². The second-order valence-corrected chi connectivity index (χ2v) is 2.56. The fraction of sp³-hybridized carbons (Fsp3) is 1.00. The molecule has 0 aliphatic carbocycles. The van der Waals surface area contributed by atoms with Crippen molar-refractivity contribution in [2.75, 3.05) is 0 Å². The Morgan fingerprint density at radius 1 is 1.00 bits per heavy atom. The molecule has 0 fully saturated rings. The van der Waals surface area contributed by atoms with Crippen LogP contribution in [0.5, 0.6) is 0 Å². The summed E-state index contributed by atoms with van der Waals surface area (Å²) in [4.78, 5) is 0. The van der Waals surface area contributed by atoms with E-state index in [4.69, 9.17) is 5.11 Å². The number of aliphatic hydroxyl groups is 1. The van der Waals surface area contributed by atoms with Crippen LogP contribution >= 0.6 is 0 Å². The summed E-state index contributed by atoms with van der Waals surface area (Å²) in [6, 6.07) is 0. The highest BCUT2D eigenvalue weighted by Gasteiger charge is 1.94. The second-order valence-electron chi connectivity index (χ2n) is 2.56. The maximum atomic E-state index is 8.86. The summed E-state index contributed by atoms with van der Waals surface area (Å²) in [5, 5.41) is 8.86. The van der Waals surface area contributed by atoms with E-state index in [9.17, 15) is 0 Å². The van der Waals surface area contributed by atoms with Gasteiger partial charge >= 0.3 is 0 Å². The summed E-state index contributed by atoms with van der Waals surface area (Å²) in [7, 11) is 0. The van der Waals surface area contributed by atoms with Crippen LogP contribution in [0.15, 0.2) is 0 Å². The van der Waals surface area contributed by atoms with Crippen molar-refractivity contribution >= 4 is 0 Å². The van der Waals surface area contributed by atoms with Gasteiger partial charge in [0.1, 0.15) is 0 Å². The molecule has 0 amide bonds. The lowest BCUT2D eigenvalue weighted by Gasteiger charge is -2.01. The zero-order valence-electron chi connectivity index (χ0n) is 9.85. The van der Waals surface area contributed by atoms with Gasteiger partial charge < -0.3 is 5.11 Å². The Morgan fingerprint density at radius 3 is 1.42 bits per heavy atom. The molecule has 0 aromatic carbocycles. The van der Waals surface area contributed by atoms with Gasteiger partial charge in [-0.05, 0) is 12.8 Å². The van der Waals surface area contributed by atoms with E-state index in [1.165, 1.54) is 6.42 Å². The first kappa shape index (κ1) is 17.9. The van der Waals surface area contributed by atoms with Crippen molar-refractivity contribution in [3.05, 3.63) is 0 Å². The standard InChI is InChI=1S/C6H14O.C3H8.C2H6/c1-3-5-6(7)4-2;1-3-2;1-2/h6-7H,3-5H2,1-2H3;3H2,1-2H3;1-2H3. The van der Waals surface area contributed by atoms with Gasteiger partial charge in [0.25, 0.3) is 0 Å². The molecule has 12 heavy (non-hydrogen) atoms. The molecular formula is C11H28O. The van der Waals surface area contributed by atoms with Gasteiger partial charge in [0.2, 0.25) is 0 Å². The lowest BCUT2D eigenvalue weighted by Crippen LogP contribution is -2.01. The first-order valence-corrected chi connectivity index (χ1v) is 5.40. The Kier molecular flexibility index (Phi) is 33.5. The van der Waals surface area contributed by atoms with Gasteiger partial charge in [-0.1, -0.05) is 54.4 Å². The molecule has 0 radical (unpaired) electrons. The Morgan fingerprint density at radius 2 is 1.33 bits per heavy atom. The first-order valence-electron chi connectivity index (χ1n) is 5.40. The molecule has 0 saturated heterocycles. The van der Waals surface area contributed by atoms with E-state index in [-0.39, 0.29) is 6.10 Å². The van der Waals surface area contributed by atoms with Crippen LogP contribution in [0.1, 0.15) is 67.2 Å². The van der Waals surface area contributed by atoms with Crippen molar-refractivity contribution in [2.24, 2.45) is 0 Å². The zero-order chi connectivity index (χ0) is 10.4. The molecule has 0 saturated carbocycles. The summed E-state index contributed by atoms with van der Waals surface area (Å²) in [5.41, 5.74) is 0. The molecule has 1 unspecified atom stereocenters. The lowest BCUT2D eigenvalue weighted by atomic mass is 10.2. The molecule has 1 nitrogen and oxygen atoms in total. The lowest BCUT2D eigenvalue weighted by molar-refractivity contribution is 0.159. The average Bonchev–Trinajstić information content (AvgIpc) is 2.10. The Balaban J connectivity index is -0.000000137. The SMILES string of the molecule is CC.CCC.CCCC(O)CC. The Bertz CT molecular complexity index is 44.3. The minimum absolute atomic E-state index is 0.0509. The summed E-state index contributed by atoms with van der Waals surface area (Å²) in [6.45, 7) is 12.3. The monoisotopic (exact) mass is 176 g/mol. The molecule has 0 aromatic rings. The van der Waals surface area contributed by atoms with E-state index < -0.39 is 0 Å². The summed E-state index contributed by atoms with van der Waals surface area (Å²) >= 11 is 0. The van der Waals surface area contributed by atoms with Gasteiger partial charge in [-0.2, -0.15) is 0 Å². The molecule has 0 rings (SSSR count). The maximum absolute atomic E-state index is 8.86. The van der Waals surface area contributed by atoms with Crippen LogP contribution in [-0.4, -0.2) is 11.2 Å². The molecule has 0 spiro atoms. The van der Waals surface area contributed by atoms with Crippen molar-refractivity contribution < 1.29 is 5.11 Å². The van der Waals surface area contributed by atoms with Gasteiger partial charge in [0, 0.05) is 0 Å². The fourth-order valence-electron chi connectivity index (χ4n) is 0.537. The molecule has 0 bridgehead atoms. The van der Waals surface area contributed by atoms with E-state index in [0.717, 1.165) is 19.3 Å². The van der Waals surface area contributed by atoms with E-state index >= 15 is 0 Å². The summed E-state index contributed by atoms with van der Waals surface area (Å²) in [6.07, 6.45) is 4.14. The van der Waals surface area contributed by atoms with E-state index in [1.807, 2.05) is 20.8 Å². The van der Waals surface area contributed by atoms with Crippen LogP contribution in [0.2, 0.25) is 0 Å². The maximum Gasteiger partial charge on any atom is 0.0537 e. The number of hydrogen-bond donors (Lipinski definition) is 1. The van der Waals surface area contributed by atoms with Crippen molar-refractivity contribution in [3.63, 3.8) is 0 Å². The Hall–Kier alpha value is -0.0400. The van der Waals surface area contributed by atoms with Crippen LogP contribution in [0.3, 0.4) is 0 Å². The highest BCUT2D eigenvalue weighted by molar-refractivity contribution is 4.47. The largest absolute Gasteiger partial charge is 0.393 e. The van der Waals surface area contributed by atoms with Crippen molar-refractivity contribution in [1.29, 1.82) is 0 Å². The summed E-state index contributed by atoms with van der Waals surface area (Å²) in [5.74, 6) is 0. The van der Waals surface area contributed by atoms with Gasteiger partial charge in [0.05, 0.1) is 6.10 Å². The summed E-state index contributed by atoms with van der Waals surface area (Å²) < 4.78 is 0. The molecule has 1 N–H and O–H groups in total. The topological polar surface area (TPSA) is 20.2 Å². The van der Waals surface area contributed by atoms with Gasteiger partial charge in [0.15, 0.2) is 0 Å². The molecule has 1 atom stereocenters. The van der Waals surface area contributed by atoms with E-state index in [0.29, 0.717) is 0 Å². The van der Waals surface area contributed by atoms with Crippen LogP contribution in [-0.2, 0) is 0 Å². The average molecular weight is 176 g/mol.